The van der Waals surface area contributed by atoms with E-state index >= 15 is 0 Å². The van der Waals surface area contributed by atoms with Crippen LogP contribution in [0, 0.1) is 24.4 Å². The summed E-state index contributed by atoms with van der Waals surface area (Å²) in [4.78, 5) is 1.34. The van der Waals surface area contributed by atoms with Gasteiger partial charge in [0.25, 0.3) is 0 Å². The van der Waals surface area contributed by atoms with Gasteiger partial charge in [-0.1, -0.05) is 18.2 Å². The van der Waals surface area contributed by atoms with Gasteiger partial charge in [0.1, 0.15) is 23.2 Å². The lowest BCUT2D eigenvalue weighted by Crippen LogP contribution is -2.14. The summed E-state index contributed by atoms with van der Waals surface area (Å²) in [5, 5.41) is 9.82. The molecule has 25 heavy (non-hydrogen) atoms. The fraction of sp³-hybridized carbons (Fsp3) is 0.100. The van der Waals surface area contributed by atoms with E-state index in [0.717, 1.165) is 6.07 Å². The molecule has 128 valence electrons. The van der Waals surface area contributed by atoms with Crippen molar-refractivity contribution in [3.05, 3.63) is 77.6 Å². The lowest BCUT2D eigenvalue weighted by molar-refractivity contribution is 0.469. The molecule has 0 aliphatic carbocycles. The highest BCUT2D eigenvalue weighted by Crippen LogP contribution is 2.36. The van der Waals surface area contributed by atoms with Crippen LogP contribution in [0.25, 0.3) is 11.1 Å². The van der Waals surface area contributed by atoms with Gasteiger partial charge < -0.3 is 10.0 Å². The SMILES string of the molecule is Cc1c(O)ccc(F)c1N(C)c1cc(-c2cccc(F)c2)ccc1F. The fourth-order valence-corrected chi connectivity index (χ4v) is 2.81. The molecule has 0 saturated heterocycles. The Hall–Kier alpha value is -2.95. The Kier molecular flexibility index (Phi) is 4.40. The minimum atomic E-state index is -0.576. The molecule has 0 aliphatic heterocycles. The van der Waals surface area contributed by atoms with Crippen LogP contribution < -0.4 is 4.90 Å². The number of aromatic hydroxyl groups is 1. The summed E-state index contributed by atoms with van der Waals surface area (Å²) >= 11 is 0. The van der Waals surface area contributed by atoms with Gasteiger partial charge >= 0.3 is 0 Å². The molecular formula is C20H16F3NO. The van der Waals surface area contributed by atoms with Crippen LogP contribution >= 0.6 is 0 Å². The third kappa shape index (κ3) is 3.18. The summed E-state index contributed by atoms with van der Waals surface area (Å²) in [7, 11) is 1.51. The van der Waals surface area contributed by atoms with E-state index in [0.29, 0.717) is 16.7 Å². The molecule has 2 nitrogen and oxygen atoms in total. The standard InChI is InChI=1S/C20H16F3NO/c1-12-19(25)9-8-17(23)20(12)24(2)18-11-14(6-7-16(18)22)13-4-3-5-15(21)10-13/h3-11,25H,1-2H3. The number of rotatable bonds is 3. The Morgan fingerprint density at radius 1 is 0.840 bits per heavy atom. The number of benzene rings is 3. The zero-order chi connectivity index (χ0) is 18.1. The van der Waals surface area contributed by atoms with E-state index < -0.39 is 17.5 Å². The van der Waals surface area contributed by atoms with Gasteiger partial charge in [0.05, 0.1) is 11.4 Å². The monoisotopic (exact) mass is 343 g/mol. The first-order valence-corrected chi connectivity index (χ1v) is 7.66. The Morgan fingerprint density at radius 3 is 2.24 bits per heavy atom. The number of hydrogen-bond donors (Lipinski definition) is 1. The highest BCUT2D eigenvalue weighted by atomic mass is 19.1. The third-order valence-electron chi connectivity index (χ3n) is 4.15. The second-order valence-corrected chi connectivity index (χ2v) is 5.78. The largest absolute Gasteiger partial charge is 0.508 e. The van der Waals surface area contributed by atoms with Crippen molar-refractivity contribution in [1.82, 2.24) is 0 Å². The first-order valence-electron chi connectivity index (χ1n) is 7.66. The molecule has 0 spiro atoms. The molecule has 3 rings (SSSR count). The van der Waals surface area contributed by atoms with Gasteiger partial charge in [0.15, 0.2) is 0 Å². The molecule has 3 aromatic rings. The quantitative estimate of drug-likeness (QED) is 0.674. The number of phenols is 1. The van der Waals surface area contributed by atoms with Crippen molar-refractivity contribution in [2.24, 2.45) is 0 Å². The van der Waals surface area contributed by atoms with Crippen LogP contribution in [0.1, 0.15) is 5.56 Å². The second-order valence-electron chi connectivity index (χ2n) is 5.78. The van der Waals surface area contributed by atoms with E-state index in [1.165, 1.54) is 48.3 Å². The fourth-order valence-electron chi connectivity index (χ4n) is 2.81. The Bertz CT molecular complexity index is 940. The van der Waals surface area contributed by atoms with Crippen molar-refractivity contribution in [3.8, 4) is 16.9 Å². The third-order valence-corrected chi connectivity index (χ3v) is 4.15. The summed E-state index contributed by atoms with van der Waals surface area (Å²) in [5.74, 6) is -1.60. The summed E-state index contributed by atoms with van der Waals surface area (Å²) in [5.41, 5.74) is 1.69. The molecule has 0 unspecified atom stereocenters. The van der Waals surface area contributed by atoms with Gasteiger partial charge in [0.2, 0.25) is 0 Å². The highest BCUT2D eigenvalue weighted by molar-refractivity contribution is 5.74. The predicted octanol–water partition coefficient (Wildman–Crippen LogP) is 5.55. The predicted molar refractivity (Wildman–Crippen MR) is 92.7 cm³/mol. The number of halogens is 3. The van der Waals surface area contributed by atoms with E-state index in [-0.39, 0.29) is 17.1 Å². The number of phenolic OH excluding ortho intramolecular Hbond substituents is 1. The maximum absolute atomic E-state index is 14.4. The summed E-state index contributed by atoms with van der Waals surface area (Å²) in [6, 6.07) is 12.6. The maximum atomic E-state index is 14.4. The molecule has 1 N–H and O–H groups in total. The van der Waals surface area contributed by atoms with Crippen molar-refractivity contribution in [2.45, 2.75) is 6.92 Å². The van der Waals surface area contributed by atoms with E-state index in [1.807, 2.05) is 0 Å². The van der Waals surface area contributed by atoms with Gasteiger partial charge in [0, 0.05) is 12.6 Å². The van der Waals surface area contributed by atoms with E-state index in [1.54, 1.807) is 19.1 Å². The summed E-state index contributed by atoms with van der Waals surface area (Å²) in [6.45, 7) is 1.55. The minimum Gasteiger partial charge on any atom is -0.508 e. The zero-order valence-electron chi connectivity index (χ0n) is 13.7. The second kappa shape index (κ2) is 6.51. The van der Waals surface area contributed by atoms with Crippen LogP contribution in [0.4, 0.5) is 24.5 Å². The molecule has 5 heteroatoms. The molecule has 0 aromatic heterocycles. The lowest BCUT2D eigenvalue weighted by atomic mass is 10.0. The molecule has 0 heterocycles. The highest BCUT2D eigenvalue weighted by Gasteiger charge is 2.18. The molecule has 0 radical (unpaired) electrons. The van der Waals surface area contributed by atoms with Crippen LogP contribution in [0.3, 0.4) is 0 Å². The molecule has 0 fully saturated rings. The number of anilines is 2. The molecule has 0 aliphatic rings. The molecule has 0 bridgehead atoms. The Balaban J connectivity index is 2.12. The van der Waals surface area contributed by atoms with Crippen LogP contribution in [0.2, 0.25) is 0 Å². The summed E-state index contributed by atoms with van der Waals surface area (Å²) in [6.07, 6.45) is 0. The molecule has 0 saturated carbocycles. The van der Waals surface area contributed by atoms with E-state index in [9.17, 15) is 18.3 Å². The Morgan fingerprint density at radius 2 is 1.52 bits per heavy atom. The van der Waals surface area contributed by atoms with Crippen molar-refractivity contribution < 1.29 is 18.3 Å². The van der Waals surface area contributed by atoms with Gasteiger partial charge in [-0.15, -0.1) is 0 Å². The summed E-state index contributed by atoms with van der Waals surface area (Å²) < 4.78 is 42.1. The van der Waals surface area contributed by atoms with Crippen molar-refractivity contribution >= 4 is 11.4 Å². The molecule has 0 atom stereocenters. The van der Waals surface area contributed by atoms with E-state index in [4.69, 9.17) is 0 Å². The van der Waals surface area contributed by atoms with Gasteiger partial charge in [-0.25, -0.2) is 13.2 Å². The average molecular weight is 343 g/mol. The minimum absolute atomic E-state index is 0.0788. The van der Waals surface area contributed by atoms with Crippen LogP contribution in [-0.2, 0) is 0 Å². The van der Waals surface area contributed by atoms with Gasteiger partial charge in [-0.2, -0.15) is 0 Å². The van der Waals surface area contributed by atoms with Crippen molar-refractivity contribution in [1.29, 1.82) is 0 Å². The maximum Gasteiger partial charge on any atom is 0.147 e. The molecule has 3 aromatic carbocycles. The van der Waals surface area contributed by atoms with Crippen LogP contribution in [-0.4, -0.2) is 12.2 Å². The first-order chi connectivity index (χ1) is 11.9. The van der Waals surface area contributed by atoms with Gasteiger partial charge in [-0.05, 0) is 54.4 Å². The normalized spacial score (nSPS) is 10.8. The van der Waals surface area contributed by atoms with Crippen LogP contribution in [0.15, 0.2) is 54.6 Å². The van der Waals surface area contributed by atoms with E-state index in [2.05, 4.69) is 0 Å². The molecular weight excluding hydrogens is 327 g/mol. The van der Waals surface area contributed by atoms with Crippen molar-refractivity contribution in [2.75, 3.05) is 11.9 Å². The first kappa shape index (κ1) is 16.9. The topological polar surface area (TPSA) is 23.5 Å². The van der Waals surface area contributed by atoms with Gasteiger partial charge in [-0.3, -0.25) is 0 Å². The number of hydrogen-bond acceptors (Lipinski definition) is 2. The van der Waals surface area contributed by atoms with Crippen molar-refractivity contribution in [3.63, 3.8) is 0 Å². The zero-order valence-corrected chi connectivity index (χ0v) is 13.7. The smallest absolute Gasteiger partial charge is 0.147 e. The number of nitrogens with zero attached hydrogens (tertiary/aromatic N) is 1. The lowest BCUT2D eigenvalue weighted by Gasteiger charge is -2.24. The average Bonchev–Trinajstić information content (AvgIpc) is 2.59. The Labute approximate surface area is 143 Å². The van der Waals surface area contributed by atoms with Crippen LogP contribution in [0.5, 0.6) is 5.75 Å². The molecule has 0 amide bonds.